The standard InChI is InChI=1S/C29H36F4N6O3Si/c1-27(2,3)43(6,7)42-17-28(4,5)39-16-22(21-13-37-14-23(30)25(21)39)26(41)18-8-20(12-35-10-18)38-24(40)15-36-11-19(9-34)29(31,32)33/h8-14,16,19,34H,15,17H2,1-7H3,(H,38,40). The van der Waals surface area contributed by atoms with Gasteiger partial charge in [0.2, 0.25) is 5.91 Å². The van der Waals surface area contributed by atoms with Crippen LogP contribution in [0.2, 0.25) is 18.1 Å². The van der Waals surface area contributed by atoms with Gasteiger partial charge < -0.3 is 19.7 Å². The van der Waals surface area contributed by atoms with Crippen LogP contribution in [-0.4, -0.2) is 66.3 Å². The molecule has 0 saturated carbocycles. The topological polar surface area (TPSA) is 122 Å². The predicted molar refractivity (Wildman–Crippen MR) is 160 cm³/mol. The molecule has 1 atom stereocenters. The fraction of sp³-hybridized carbons (Fsp3) is 0.448. The van der Waals surface area contributed by atoms with E-state index in [-0.39, 0.29) is 40.2 Å². The zero-order chi connectivity index (χ0) is 32.4. The Morgan fingerprint density at radius 2 is 1.77 bits per heavy atom. The van der Waals surface area contributed by atoms with Gasteiger partial charge in [0.15, 0.2) is 19.9 Å². The lowest BCUT2D eigenvalue weighted by atomic mass is 10.0. The zero-order valence-corrected chi connectivity index (χ0v) is 26.1. The third-order valence-corrected chi connectivity index (χ3v) is 12.0. The van der Waals surface area contributed by atoms with Crippen LogP contribution in [-0.2, 0) is 14.8 Å². The summed E-state index contributed by atoms with van der Waals surface area (Å²) in [7, 11) is -2.14. The van der Waals surface area contributed by atoms with Crippen LogP contribution in [0.15, 0.2) is 42.0 Å². The van der Waals surface area contributed by atoms with E-state index in [1.54, 1.807) is 10.8 Å². The molecule has 3 aromatic heterocycles. The van der Waals surface area contributed by atoms with E-state index in [0.717, 1.165) is 6.20 Å². The summed E-state index contributed by atoms with van der Waals surface area (Å²) in [4.78, 5) is 37.4. The van der Waals surface area contributed by atoms with E-state index in [9.17, 15) is 22.8 Å². The van der Waals surface area contributed by atoms with Crippen molar-refractivity contribution in [2.75, 3.05) is 18.5 Å². The summed E-state index contributed by atoms with van der Waals surface area (Å²) >= 11 is 0. The first-order valence-electron chi connectivity index (χ1n) is 13.4. The van der Waals surface area contributed by atoms with Crippen LogP contribution in [0.4, 0.5) is 23.2 Å². The lowest BCUT2D eigenvalue weighted by Crippen LogP contribution is -2.45. The number of pyridine rings is 2. The van der Waals surface area contributed by atoms with Gasteiger partial charge >= 0.3 is 6.18 Å². The van der Waals surface area contributed by atoms with Gasteiger partial charge in [-0.25, -0.2) is 4.39 Å². The summed E-state index contributed by atoms with van der Waals surface area (Å²) in [5, 5.41) is 9.57. The van der Waals surface area contributed by atoms with Crippen LogP contribution in [0.5, 0.6) is 0 Å². The van der Waals surface area contributed by atoms with Crippen molar-refractivity contribution in [2.24, 2.45) is 10.9 Å². The van der Waals surface area contributed by atoms with E-state index >= 15 is 4.39 Å². The van der Waals surface area contributed by atoms with Crippen LogP contribution in [0.3, 0.4) is 0 Å². The molecule has 0 bridgehead atoms. The number of ketones is 1. The van der Waals surface area contributed by atoms with Crippen LogP contribution >= 0.6 is 0 Å². The molecule has 14 heteroatoms. The Kier molecular flexibility index (Phi) is 9.76. The molecule has 1 amide bonds. The molecule has 232 valence electrons. The average molecular weight is 621 g/mol. The maximum atomic E-state index is 15.2. The van der Waals surface area contributed by atoms with Gasteiger partial charge in [0.25, 0.3) is 0 Å². The Bertz CT molecular complexity index is 1540. The number of fused-ring (bicyclic) bond motifs is 1. The highest BCUT2D eigenvalue weighted by molar-refractivity contribution is 6.74. The Morgan fingerprint density at radius 3 is 2.37 bits per heavy atom. The lowest BCUT2D eigenvalue weighted by molar-refractivity contribution is -0.137. The minimum atomic E-state index is -4.69. The van der Waals surface area contributed by atoms with E-state index in [4.69, 9.17) is 9.84 Å². The van der Waals surface area contributed by atoms with Crippen LogP contribution in [0.25, 0.3) is 10.9 Å². The maximum Gasteiger partial charge on any atom is 0.401 e. The van der Waals surface area contributed by atoms with E-state index in [1.807, 2.05) is 13.8 Å². The maximum absolute atomic E-state index is 15.2. The van der Waals surface area contributed by atoms with Crippen molar-refractivity contribution < 1.29 is 31.6 Å². The average Bonchev–Trinajstić information content (AvgIpc) is 3.30. The van der Waals surface area contributed by atoms with Crippen molar-refractivity contribution in [3.05, 3.63) is 54.0 Å². The molecule has 43 heavy (non-hydrogen) atoms. The van der Waals surface area contributed by atoms with Gasteiger partial charge in [-0.1, -0.05) is 20.8 Å². The van der Waals surface area contributed by atoms with Crippen LogP contribution < -0.4 is 5.32 Å². The van der Waals surface area contributed by atoms with Gasteiger partial charge in [-0.15, -0.1) is 0 Å². The number of hydrogen-bond donors (Lipinski definition) is 2. The van der Waals surface area contributed by atoms with Crippen molar-refractivity contribution in [1.29, 1.82) is 5.41 Å². The molecule has 0 aliphatic rings. The quantitative estimate of drug-likeness (QED) is 0.111. The van der Waals surface area contributed by atoms with E-state index < -0.39 is 50.0 Å². The third kappa shape index (κ3) is 7.79. The van der Waals surface area contributed by atoms with Gasteiger partial charge in [0, 0.05) is 47.5 Å². The molecule has 0 radical (unpaired) electrons. The molecule has 3 heterocycles. The van der Waals surface area contributed by atoms with Crippen LogP contribution in [0, 0.1) is 17.1 Å². The third-order valence-electron chi connectivity index (χ3n) is 7.49. The summed E-state index contributed by atoms with van der Waals surface area (Å²) in [5.41, 5.74) is -0.185. The fourth-order valence-corrected chi connectivity index (χ4v) is 5.04. The highest BCUT2D eigenvalue weighted by Gasteiger charge is 2.39. The SMILES string of the molecule is CC(C)(CO[Si](C)(C)C(C)(C)C)n1cc(C(=O)c2cncc(NC(=O)CN=CC(C=N)C(F)(F)F)c2)c2cncc(F)c21. The second kappa shape index (κ2) is 12.4. The number of amides is 1. The molecule has 0 aliphatic carbocycles. The van der Waals surface area contributed by atoms with E-state index in [1.165, 1.54) is 24.7 Å². The first-order valence-corrected chi connectivity index (χ1v) is 16.3. The Hall–Kier alpha value is -3.78. The van der Waals surface area contributed by atoms with Crippen molar-refractivity contribution in [3.8, 4) is 0 Å². The minimum absolute atomic E-state index is 0.0377. The summed E-state index contributed by atoms with van der Waals surface area (Å²) < 4.78 is 61.6. The number of carbonyl (C=O) groups excluding carboxylic acids is 2. The number of anilines is 1. The van der Waals surface area contributed by atoms with E-state index in [2.05, 4.69) is 54.1 Å². The normalized spacial score (nSPS) is 13.8. The van der Waals surface area contributed by atoms with Crippen molar-refractivity contribution in [3.63, 3.8) is 0 Å². The molecular formula is C29H36F4N6O3Si. The molecule has 0 fully saturated rings. The second-order valence-corrected chi connectivity index (χ2v) is 17.2. The molecule has 0 saturated heterocycles. The first-order chi connectivity index (χ1) is 19.8. The smallest absolute Gasteiger partial charge is 0.401 e. The van der Waals surface area contributed by atoms with E-state index in [0.29, 0.717) is 11.6 Å². The van der Waals surface area contributed by atoms with Crippen molar-refractivity contribution in [1.82, 2.24) is 14.5 Å². The monoisotopic (exact) mass is 620 g/mol. The predicted octanol–water partition coefficient (Wildman–Crippen LogP) is 6.40. The summed E-state index contributed by atoms with van der Waals surface area (Å²) in [5.74, 6) is -4.06. The summed E-state index contributed by atoms with van der Waals surface area (Å²) in [6.07, 6.45) is 2.58. The van der Waals surface area contributed by atoms with Gasteiger partial charge in [0.1, 0.15) is 12.5 Å². The number of nitrogens with one attached hydrogen (secondary N) is 2. The number of halogens is 4. The Labute approximate surface area is 248 Å². The molecule has 0 spiro atoms. The number of aromatic nitrogens is 3. The molecular weight excluding hydrogens is 584 g/mol. The Balaban J connectivity index is 1.88. The molecule has 2 N–H and O–H groups in total. The Morgan fingerprint density at radius 1 is 1.12 bits per heavy atom. The molecule has 3 rings (SSSR count). The highest BCUT2D eigenvalue weighted by Crippen LogP contribution is 2.38. The van der Waals surface area contributed by atoms with Crippen LogP contribution in [0.1, 0.15) is 50.5 Å². The number of nitrogens with zero attached hydrogens (tertiary/aromatic N) is 4. The highest BCUT2D eigenvalue weighted by atomic mass is 28.4. The summed E-state index contributed by atoms with van der Waals surface area (Å²) in [6, 6.07) is 1.36. The van der Waals surface area contributed by atoms with Crippen molar-refractivity contribution >= 4 is 49.0 Å². The summed E-state index contributed by atoms with van der Waals surface area (Å²) in [6.45, 7) is 14.0. The fourth-order valence-electron chi connectivity index (χ4n) is 3.89. The number of rotatable bonds is 11. The zero-order valence-electron chi connectivity index (χ0n) is 25.1. The lowest BCUT2D eigenvalue weighted by Gasteiger charge is -2.39. The van der Waals surface area contributed by atoms with Gasteiger partial charge in [-0.2, -0.15) is 13.2 Å². The number of hydrogen-bond acceptors (Lipinski definition) is 7. The minimum Gasteiger partial charge on any atom is -0.414 e. The molecule has 0 aliphatic heterocycles. The molecule has 1 unspecified atom stereocenters. The molecule has 3 aromatic rings. The number of alkyl halides is 3. The second-order valence-electron chi connectivity index (χ2n) is 12.4. The molecule has 9 nitrogen and oxygen atoms in total. The number of aliphatic imine (C=N–C) groups is 1. The first kappa shape index (κ1) is 33.7. The van der Waals surface area contributed by atoms with Gasteiger partial charge in [0.05, 0.1) is 35.7 Å². The number of carbonyl (C=O) groups is 2. The van der Waals surface area contributed by atoms with Gasteiger partial charge in [-0.3, -0.25) is 24.5 Å². The molecule has 0 aromatic carbocycles. The van der Waals surface area contributed by atoms with Crippen molar-refractivity contribution in [2.45, 2.75) is 64.5 Å². The van der Waals surface area contributed by atoms with Gasteiger partial charge in [-0.05, 0) is 38.0 Å². The largest absolute Gasteiger partial charge is 0.414 e.